The lowest BCUT2D eigenvalue weighted by molar-refractivity contribution is -0.141. The molecule has 0 fully saturated rings. The number of esters is 1. The highest BCUT2D eigenvalue weighted by molar-refractivity contribution is 5.65. The van der Waals surface area contributed by atoms with E-state index in [4.69, 9.17) is 4.74 Å². The lowest BCUT2D eigenvalue weighted by atomic mass is 10.2. The maximum atomic E-state index is 10.3. The van der Waals surface area contributed by atoms with Gasteiger partial charge in [0, 0.05) is 6.92 Å². The highest BCUT2D eigenvalue weighted by Crippen LogP contribution is 2.02. The Labute approximate surface area is 68.2 Å². The van der Waals surface area contributed by atoms with Crippen molar-refractivity contribution in [2.75, 3.05) is 6.61 Å². The fraction of sp³-hybridized carbons (Fsp3) is 0.667. The molecule has 0 aliphatic heterocycles. The molecule has 0 heterocycles. The molecular weight excluding hydrogens is 140 g/mol. The van der Waals surface area contributed by atoms with Crippen LogP contribution in [0.1, 0.15) is 33.6 Å². The number of ether oxygens (including phenoxy) is 1. The Hall–Kier alpha value is -0.790. The van der Waals surface area contributed by atoms with Gasteiger partial charge in [0.05, 0.1) is 6.61 Å². The van der Waals surface area contributed by atoms with E-state index in [2.05, 4.69) is 13.0 Å². The second-order valence-corrected chi connectivity index (χ2v) is 2.58. The van der Waals surface area contributed by atoms with E-state index in [0.29, 0.717) is 6.61 Å². The average Bonchev–Trinajstić information content (AvgIpc) is 1.97. The normalized spacial score (nSPS) is 11.4. The first-order valence-corrected chi connectivity index (χ1v) is 3.92. The molecular formula is C9H16O2. The van der Waals surface area contributed by atoms with Crippen molar-refractivity contribution in [3.05, 3.63) is 11.6 Å². The summed E-state index contributed by atoms with van der Waals surface area (Å²) in [5.41, 5.74) is 1.34. The van der Waals surface area contributed by atoms with Gasteiger partial charge < -0.3 is 4.74 Å². The molecule has 0 N–H and O–H groups in total. The van der Waals surface area contributed by atoms with Gasteiger partial charge in [0.25, 0.3) is 0 Å². The molecule has 0 aliphatic rings. The van der Waals surface area contributed by atoms with Gasteiger partial charge in [0.2, 0.25) is 0 Å². The third kappa shape index (κ3) is 7.10. The van der Waals surface area contributed by atoms with Crippen LogP contribution in [0.25, 0.3) is 0 Å². The van der Waals surface area contributed by atoms with Crippen molar-refractivity contribution in [1.82, 2.24) is 0 Å². The van der Waals surface area contributed by atoms with Crippen molar-refractivity contribution in [1.29, 1.82) is 0 Å². The Balaban J connectivity index is 3.21. The first-order chi connectivity index (χ1) is 5.16. The molecule has 0 amide bonds. The van der Waals surface area contributed by atoms with E-state index in [-0.39, 0.29) is 5.97 Å². The van der Waals surface area contributed by atoms with E-state index in [1.807, 2.05) is 6.92 Å². The largest absolute Gasteiger partial charge is 0.466 e. The van der Waals surface area contributed by atoms with Crippen molar-refractivity contribution in [3.8, 4) is 0 Å². The molecule has 0 spiro atoms. The standard InChI is InChI=1S/C9H16O2/c1-4-8(2)6-5-7-11-9(3)10/h4H,5-7H2,1-3H3. The van der Waals surface area contributed by atoms with Crippen LogP contribution in [0.15, 0.2) is 11.6 Å². The summed E-state index contributed by atoms with van der Waals surface area (Å²) >= 11 is 0. The van der Waals surface area contributed by atoms with Crippen molar-refractivity contribution < 1.29 is 9.53 Å². The van der Waals surface area contributed by atoms with E-state index >= 15 is 0 Å². The highest BCUT2D eigenvalue weighted by Gasteiger charge is 1.92. The van der Waals surface area contributed by atoms with Crippen LogP contribution in [-0.4, -0.2) is 12.6 Å². The zero-order chi connectivity index (χ0) is 8.69. The van der Waals surface area contributed by atoms with Gasteiger partial charge in [-0.2, -0.15) is 0 Å². The lowest BCUT2D eigenvalue weighted by Crippen LogP contribution is -2.00. The van der Waals surface area contributed by atoms with Crippen molar-refractivity contribution in [3.63, 3.8) is 0 Å². The summed E-state index contributed by atoms with van der Waals surface area (Å²) < 4.78 is 4.77. The quantitative estimate of drug-likeness (QED) is 0.354. The van der Waals surface area contributed by atoms with Gasteiger partial charge >= 0.3 is 5.97 Å². The maximum absolute atomic E-state index is 10.3. The van der Waals surface area contributed by atoms with Gasteiger partial charge in [-0.25, -0.2) is 0 Å². The molecule has 0 saturated heterocycles. The van der Waals surface area contributed by atoms with E-state index in [9.17, 15) is 4.79 Å². The summed E-state index contributed by atoms with van der Waals surface area (Å²) in [6, 6.07) is 0. The maximum Gasteiger partial charge on any atom is 0.302 e. The van der Waals surface area contributed by atoms with Crippen LogP contribution in [0, 0.1) is 0 Å². The van der Waals surface area contributed by atoms with E-state index in [1.165, 1.54) is 12.5 Å². The number of allylic oxidation sites excluding steroid dienone is 2. The van der Waals surface area contributed by atoms with Gasteiger partial charge in [0.15, 0.2) is 0 Å². The molecule has 0 bridgehead atoms. The lowest BCUT2D eigenvalue weighted by Gasteiger charge is -2.01. The number of carbonyl (C=O) groups is 1. The Morgan fingerprint density at radius 3 is 2.55 bits per heavy atom. The fourth-order valence-electron chi connectivity index (χ4n) is 0.711. The molecule has 0 unspecified atom stereocenters. The van der Waals surface area contributed by atoms with Crippen LogP contribution in [-0.2, 0) is 9.53 Å². The van der Waals surface area contributed by atoms with Crippen LogP contribution >= 0.6 is 0 Å². The van der Waals surface area contributed by atoms with Gasteiger partial charge in [-0.1, -0.05) is 11.6 Å². The number of hydrogen-bond acceptors (Lipinski definition) is 2. The van der Waals surface area contributed by atoms with Gasteiger partial charge in [-0.3, -0.25) is 4.79 Å². The van der Waals surface area contributed by atoms with Crippen LogP contribution < -0.4 is 0 Å². The van der Waals surface area contributed by atoms with Crippen LogP contribution in [0.5, 0.6) is 0 Å². The van der Waals surface area contributed by atoms with Crippen molar-refractivity contribution >= 4 is 5.97 Å². The zero-order valence-corrected chi connectivity index (χ0v) is 7.52. The first-order valence-electron chi connectivity index (χ1n) is 3.92. The molecule has 0 aromatic heterocycles. The van der Waals surface area contributed by atoms with E-state index < -0.39 is 0 Å². The third-order valence-corrected chi connectivity index (χ3v) is 1.51. The van der Waals surface area contributed by atoms with Crippen LogP contribution in [0.3, 0.4) is 0 Å². The number of rotatable bonds is 4. The molecule has 64 valence electrons. The van der Waals surface area contributed by atoms with E-state index in [0.717, 1.165) is 12.8 Å². The zero-order valence-electron chi connectivity index (χ0n) is 7.52. The predicted octanol–water partition coefficient (Wildman–Crippen LogP) is 2.30. The summed E-state index contributed by atoms with van der Waals surface area (Å²) in [7, 11) is 0. The Bertz CT molecular complexity index is 148. The second kappa shape index (κ2) is 5.96. The fourth-order valence-corrected chi connectivity index (χ4v) is 0.711. The third-order valence-electron chi connectivity index (χ3n) is 1.51. The smallest absolute Gasteiger partial charge is 0.302 e. The predicted molar refractivity (Wildman–Crippen MR) is 45.3 cm³/mol. The van der Waals surface area contributed by atoms with Crippen molar-refractivity contribution in [2.45, 2.75) is 33.6 Å². The number of hydrogen-bond donors (Lipinski definition) is 0. The molecule has 0 aromatic carbocycles. The van der Waals surface area contributed by atoms with E-state index in [1.54, 1.807) is 0 Å². The Morgan fingerprint density at radius 2 is 2.09 bits per heavy atom. The van der Waals surface area contributed by atoms with Gasteiger partial charge in [-0.05, 0) is 26.7 Å². The average molecular weight is 156 g/mol. The van der Waals surface area contributed by atoms with Crippen LogP contribution in [0.4, 0.5) is 0 Å². The molecule has 0 radical (unpaired) electrons. The minimum absolute atomic E-state index is 0.192. The Morgan fingerprint density at radius 1 is 1.45 bits per heavy atom. The van der Waals surface area contributed by atoms with Gasteiger partial charge in [-0.15, -0.1) is 0 Å². The summed E-state index contributed by atoms with van der Waals surface area (Å²) in [4.78, 5) is 10.3. The highest BCUT2D eigenvalue weighted by atomic mass is 16.5. The summed E-state index contributed by atoms with van der Waals surface area (Å²) in [6.45, 7) is 6.07. The van der Waals surface area contributed by atoms with Crippen molar-refractivity contribution in [2.24, 2.45) is 0 Å². The van der Waals surface area contributed by atoms with Crippen LogP contribution in [0.2, 0.25) is 0 Å². The number of carbonyl (C=O) groups excluding carboxylic acids is 1. The summed E-state index contributed by atoms with van der Waals surface area (Å²) in [5, 5.41) is 0. The molecule has 2 nitrogen and oxygen atoms in total. The summed E-state index contributed by atoms with van der Waals surface area (Å²) in [5.74, 6) is -0.192. The topological polar surface area (TPSA) is 26.3 Å². The summed E-state index contributed by atoms with van der Waals surface area (Å²) in [6.07, 6.45) is 4.02. The minimum Gasteiger partial charge on any atom is -0.466 e. The molecule has 11 heavy (non-hydrogen) atoms. The molecule has 2 heteroatoms. The molecule has 0 aromatic rings. The second-order valence-electron chi connectivity index (χ2n) is 2.58. The molecule has 0 saturated carbocycles. The minimum atomic E-state index is -0.192. The van der Waals surface area contributed by atoms with Gasteiger partial charge in [0.1, 0.15) is 0 Å². The monoisotopic (exact) mass is 156 g/mol. The SMILES string of the molecule is CC=C(C)CCCOC(C)=O. The first kappa shape index (κ1) is 10.2. The molecule has 0 atom stereocenters. The molecule has 0 aliphatic carbocycles. The Kier molecular flexibility index (Phi) is 5.53. The molecule has 0 rings (SSSR count).